The molecular formula is C12H22O2. The van der Waals surface area contributed by atoms with Crippen molar-refractivity contribution in [2.75, 3.05) is 6.61 Å². The maximum Gasteiger partial charge on any atom is 0.0646 e. The summed E-state index contributed by atoms with van der Waals surface area (Å²) in [6.07, 6.45) is 9.21. The Hall–Kier alpha value is -0.0800. The standard InChI is InChI=1S/C12H22O2/c13-9-12(7-4-8-12)11(14)10-5-2-1-3-6-10/h10-11,13-14H,1-9H2/t11-/m0/s1. The molecule has 2 rings (SSSR count). The predicted molar refractivity (Wildman–Crippen MR) is 56.0 cm³/mol. The number of aliphatic hydroxyl groups is 2. The van der Waals surface area contributed by atoms with E-state index in [2.05, 4.69) is 0 Å². The predicted octanol–water partition coefficient (Wildman–Crippen LogP) is 2.09. The molecule has 0 saturated heterocycles. The first-order chi connectivity index (χ1) is 6.78. The maximum atomic E-state index is 10.3. The Morgan fingerprint density at radius 3 is 2.14 bits per heavy atom. The van der Waals surface area contributed by atoms with Crippen molar-refractivity contribution in [2.45, 2.75) is 57.5 Å². The van der Waals surface area contributed by atoms with Crippen LogP contribution in [0.3, 0.4) is 0 Å². The smallest absolute Gasteiger partial charge is 0.0646 e. The van der Waals surface area contributed by atoms with Crippen LogP contribution in [0.2, 0.25) is 0 Å². The number of aliphatic hydroxyl groups excluding tert-OH is 2. The minimum Gasteiger partial charge on any atom is -0.396 e. The fourth-order valence-corrected chi connectivity index (χ4v) is 3.13. The van der Waals surface area contributed by atoms with Gasteiger partial charge in [-0.3, -0.25) is 0 Å². The van der Waals surface area contributed by atoms with Crippen LogP contribution < -0.4 is 0 Å². The third kappa shape index (κ3) is 1.70. The molecule has 2 aliphatic rings. The molecule has 14 heavy (non-hydrogen) atoms. The summed E-state index contributed by atoms with van der Waals surface area (Å²) in [4.78, 5) is 0. The first kappa shape index (κ1) is 10.4. The minimum absolute atomic E-state index is 0.109. The van der Waals surface area contributed by atoms with Crippen LogP contribution in [-0.4, -0.2) is 22.9 Å². The summed E-state index contributed by atoms with van der Waals surface area (Å²) in [5.41, 5.74) is -0.109. The third-order valence-corrected chi connectivity index (χ3v) is 4.39. The summed E-state index contributed by atoms with van der Waals surface area (Å²) in [5, 5.41) is 19.7. The fraction of sp³-hybridized carbons (Fsp3) is 1.00. The van der Waals surface area contributed by atoms with Gasteiger partial charge in [-0.15, -0.1) is 0 Å². The minimum atomic E-state index is -0.235. The lowest BCUT2D eigenvalue weighted by Gasteiger charge is -2.47. The largest absolute Gasteiger partial charge is 0.396 e. The van der Waals surface area contributed by atoms with Crippen LogP contribution in [-0.2, 0) is 0 Å². The molecule has 0 aliphatic heterocycles. The second-order valence-corrected chi connectivity index (χ2v) is 5.22. The van der Waals surface area contributed by atoms with E-state index in [0.29, 0.717) is 5.92 Å². The lowest BCUT2D eigenvalue weighted by atomic mass is 9.61. The first-order valence-electron chi connectivity index (χ1n) is 6.07. The fourth-order valence-electron chi connectivity index (χ4n) is 3.13. The Morgan fingerprint density at radius 1 is 1.07 bits per heavy atom. The molecule has 82 valence electrons. The average Bonchev–Trinajstić information content (AvgIpc) is 2.18. The van der Waals surface area contributed by atoms with Crippen molar-refractivity contribution in [1.82, 2.24) is 0 Å². The highest BCUT2D eigenvalue weighted by Crippen LogP contribution is 2.47. The van der Waals surface area contributed by atoms with Crippen molar-refractivity contribution >= 4 is 0 Å². The molecule has 0 bridgehead atoms. The molecule has 0 aromatic heterocycles. The lowest BCUT2D eigenvalue weighted by molar-refractivity contribution is -0.104. The van der Waals surface area contributed by atoms with Crippen LogP contribution in [0.25, 0.3) is 0 Å². The second kappa shape index (κ2) is 4.19. The van der Waals surface area contributed by atoms with Crippen molar-refractivity contribution in [3.8, 4) is 0 Å². The SMILES string of the molecule is OCC1([C@@H](O)C2CCCCC2)CCC1. The van der Waals surface area contributed by atoms with Gasteiger partial charge in [0.1, 0.15) is 0 Å². The molecule has 1 atom stereocenters. The molecule has 0 radical (unpaired) electrons. The quantitative estimate of drug-likeness (QED) is 0.729. The summed E-state index contributed by atoms with van der Waals surface area (Å²) in [6.45, 7) is 0.185. The summed E-state index contributed by atoms with van der Waals surface area (Å²) < 4.78 is 0. The summed E-state index contributed by atoms with van der Waals surface area (Å²) in [7, 11) is 0. The van der Waals surface area contributed by atoms with Gasteiger partial charge >= 0.3 is 0 Å². The zero-order valence-electron chi connectivity index (χ0n) is 8.91. The molecule has 0 aromatic rings. The monoisotopic (exact) mass is 198 g/mol. The Morgan fingerprint density at radius 2 is 1.71 bits per heavy atom. The van der Waals surface area contributed by atoms with Crippen LogP contribution in [0.15, 0.2) is 0 Å². The molecule has 0 unspecified atom stereocenters. The van der Waals surface area contributed by atoms with Crippen LogP contribution in [0.1, 0.15) is 51.4 Å². The van der Waals surface area contributed by atoms with Gasteiger partial charge in [-0.2, -0.15) is 0 Å². The van der Waals surface area contributed by atoms with Crippen LogP contribution in [0, 0.1) is 11.3 Å². The Bertz CT molecular complexity index is 175. The molecular weight excluding hydrogens is 176 g/mol. The molecule has 2 nitrogen and oxygen atoms in total. The van der Waals surface area contributed by atoms with Gasteiger partial charge in [-0.25, -0.2) is 0 Å². The van der Waals surface area contributed by atoms with E-state index in [-0.39, 0.29) is 18.1 Å². The van der Waals surface area contributed by atoms with Gasteiger partial charge in [0.25, 0.3) is 0 Å². The summed E-state index contributed by atoms with van der Waals surface area (Å²) in [5.74, 6) is 0.469. The molecule has 2 fully saturated rings. The van der Waals surface area contributed by atoms with E-state index < -0.39 is 0 Å². The van der Waals surface area contributed by atoms with Gasteiger partial charge in [0.2, 0.25) is 0 Å². The highest BCUT2D eigenvalue weighted by molar-refractivity contribution is 4.96. The molecule has 2 saturated carbocycles. The number of hydrogen-bond acceptors (Lipinski definition) is 2. The lowest BCUT2D eigenvalue weighted by Crippen LogP contribution is -2.48. The van der Waals surface area contributed by atoms with Gasteiger partial charge in [-0.1, -0.05) is 25.7 Å². The van der Waals surface area contributed by atoms with Gasteiger partial charge in [0, 0.05) is 5.41 Å². The molecule has 0 heterocycles. The van der Waals surface area contributed by atoms with Crippen molar-refractivity contribution in [3.05, 3.63) is 0 Å². The van der Waals surface area contributed by atoms with Crippen LogP contribution in [0.4, 0.5) is 0 Å². The molecule has 2 aliphatic carbocycles. The van der Waals surface area contributed by atoms with Crippen LogP contribution >= 0.6 is 0 Å². The molecule has 2 heteroatoms. The summed E-state index contributed by atoms with van der Waals surface area (Å²) in [6, 6.07) is 0. The van der Waals surface area contributed by atoms with Crippen molar-refractivity contribution < 1.29 is 10.2 Å². The zero-order valence-corrected chi connectivity index (χ0v) is 8.91. The van der Waals surface area contributed by atoms with Gasteiger partial charge in [0.15, 0.2) is 0 Å². The van der Waals surface area contributed by atoms with Gasteiger partial charge in [0.05, 0.1) is 12.7 Å². The molecule has 0 aromatic carbocycles. The van der Waals surface area contributed by atoms with Crippen molar-refractivity contribution in [1.29, 1.82) is 0 Å². The molecule has 0 spiro atoms. The number of hydrogen-bond donors (Lipinski definition) is 2. The Kier molecular flexibility index (Phi) is 3.13. The van der Waals surface area contributed by atoms with E-state index in [1.807, 2.05) is 0 Å². The second-order valence-electron chi connectivity index (χ2n) is 5.22. The van der Waals surface area contributed by atoms with Crippen molar-refractivity contribution in [3.63, 3.8) is 0 Å². The Labute approximate surface area is 86.3 Å². The van der Waals surface area contributed by atoms with E-state index >= 15 is 0 Å². The highest BCUT2D eigenvalue weighted by Gasteiger charge is 2.45. The highest BCUT2D eigenvalue weighted by atomic mass is 16.3. The van der Waals surface area contributed by atoms with E-state index in [9.17, 15) is 10.2 Å². The maximum absolute atomic E-state index is 10.3. The topological polar surface area (TPSA) is 40.5 Å². The van der Waals surface area contributed by atoms with E-state index in [1.54, 1.807) is 0 Å². The van der Waals surface area contributed by atoms with E-state index in [0.717, 1.165) is 12.8 Å². The van der Waals surface area contributed by atoms with Gasteiger partial charge in [-0.05, 0) is 31.6 Å². The molecule has 0 amide bonds. The average molecular weight is 198 g/mol. The third-order valence-electron chi connectivity index (χ3n) is 4.39. The van der Waals surface area contributed by atoms with Gasteiger partial charge < -0.3 is 10.2 Å². The first-order valence-corrected chi connectivity index (χ1v) is 6.07. The Balaban J connectivity index is 1.94. The van der Waals surface area contributed by atoms with E-state index in [1.165, 1.54) is 38.5 Å². The number of rotatable bonds is 3. The molecule has 2 N–H and O–H groups in total. The summed E-state index contributed by atoms with van der Waals surface area (Å²) >= 11 is 0. The van der Waals surface area contributed by atoms with E-state index in [4.69, 9.17) is 0 Å². The van der Waals surface area contributed by atoms with Crippen molar-refractivity contribution in [2.24, 2.45) is 11.3 Å². The zero-order chi connectivity index (χ0) is 10.0. The normalized spacial score (nSPS) is 29.6. The van der Waals surface area contributed by atoms with Crippen LogP contribution in [0.5, 0.6) is 0 Å².